The van der Waals surface area contributed by atoms with Gasteiger partial charge in [-0.2, -0.15) is 5.10 Å². The molecular weight excluding hydrogens is 328 g/mol. The molecule has 6 heteroatoms. The molecule has 0 bridgehead atoms. The van der Waals surface area contributed by atoms with Crippen molar-refractivity contribution < 1.29 is 13.9 Å². The fourth-order valence-corrected chi connectivity index (χ4v) is 2.05. The predicted octanol–water partition coefficient (Wildman–Crippen LogP) is 4.49. The van der Waals surface area contributed by atoms with E-state index in [9.17, 15) is 4.79 Å². The maximum atomic E-state index is 11.7. The van der Waals surface area contributed by atoms with Crippen LogP contribution in [0.25, 0.3) is 0 Å². The molecule has 0 saturated carbocycles. The van der Waals surface area contributed by atoms with Gasteiger partial charge in [0.05, 0.1) is 12.5 Å². The molecule has 0 fully saturated rings. The molecule has 0 saturated heterocycles. The highest BCUT2D eigenvalue weighted by Gasteiger charge is 2.05. The van der Waals surface area contributed by atoms with Crippen LogP contribution in [-0.4, -0.2) is 12.1 Å². The first-order valence-corrected chi connectivity index (χ1v) is 7.49. The Kier molecular flexibility index (Phi) is 4.93. The van der Waals surface area contributed by atoms with E-state index in [0.717, 1.165) is 5.56 Å². The number of halogens is 1. The van der Waals surface area contributed by atoms with Gasteiger partial charge in [-0.3, -0.25) is 4.79 Å². The monoisotopic (exact) mass is 340 g/mol. The standard InChI is InChI=1S/C18H13ClN2O3/c19-14-6-8-15(9-7-14)24-16-4-1-3-13(11-16)12-20-21-18(22)17-5-2-10-23-17/h1-12H,(H,21,22)/b20-12-. The van der Waals surface area contributed by atoms with E-state index in [2.05, 4.69) is 10.5 Å². The summed E-state index contributed by atoms with van der Waals surface area (Å²) in [5.41, 5.74) is 3.17. The predicted molar refractivity (Wildman–Crippen MR) is 91.7 cm³/mol. The third-order valence-corrected chi connectivity index (χ3v) is 3.28. The highest BCUT2D eigenvalue weighted by molar-refractivity contribution is 6.30. The van der Waals surface area contributed by atoms with E-state index < -0.39 is 5.91 Å². The minimum atomic E-state index is -0.412. The van der Waals surface area contributed by atoms with E-state index in [0.29, 0.717) is 16.5 Å². The molecule has 24 heavy (non-hydrogen) atoms. The van der Waals surface area contributed by atoms with Gasteiger partial charge in [0.15, 0.2) is 5.76 Å². The fraction of sp³-hybridized carbons (Fsp3) is 0. The Bertz CT molecular complexity index is 843. The lowest BCUT2D eigenvalue weighted by atomic mass is 10.2. The van der Waals surface area contributed by atoms with Crippen molar-refractivity contribution in [3.05, 3.63) is 83.3 Å². The molecule has 1 heterocycles. The fourth-order valence-electron chi connectivity index (χ4n) is 1.93. The molecule has 1 N–H and O–H groups in total. The van der Waals surface area contributed by atoms with Crippen LogP contribution in [0.3, 0.4) is 0 Å². The summed E-state index contributed by atoms with van der Waals surface area (Å²) in [6, 6.07) is 17.6. The number of carbonyl (C=O) groups is 1. The zero-order valence-electron chi connectivity index (χ0n) is 12.5. The summed E-state index contributed by atoms with van der Waals surface area (Å²) >= 11 is 5.85. The maximum Gasteiger partial charge on any atom is 0.307 e. The third kappa shape index (κ3) is 4.24. The molecule has 1 amide bonds. The second-order valence-electron chi connectivity index (χ2n) is 4.80. The molecule has 3 aromatic rings. The first kappa shape index (κ1) is 15.8. The van der Waals surface area contributed by atoms with Crippen LogP contribution in [0, 0.1) is 0 Å². The molecule has 0 unspecified atom stereocenters. The van der Waals surface area contributed by atoms with Crippen LogP contribution in [0.15, 0.2) is 76.4 Å². The van der Waals surface area contributed by atoms with Crippen LogP contribution in [0.4, 0.5) is 0 Å². The van der Waals surface area contributed by atoms with Gasteiger partial charge in [0.25, 0.3) is 0 Å². The van der Waals surface area contributed by atoms with E-state index in [4.69, 9.17) is 20.8 Å². The van der Waals surface area contributed by atoms with Gasteiger partial charge in [0.1, 0.15) is 11.5 Å². The van der Waals surface area contributed by atoms with Gasteiger partial charge in [0, 0.05) is 5.02 Å². The molecule has 2 aromatic carbocycles. The highest BCUT2D eigenvalue weighted by atomic mass is 35.5. The average molecular weight is 341 g/mol. The van der Waals surface area contributed by atoms with Gasteiger partial charge in [-0.15, -0.1) is 0 Å². The summed E-state index contributed by atoms with van der Waals surface area (Å²) in [6.07, 6.45) is 2.95. The molecule has 0 aliphatic heterocycles. The van der Waals surface area contributed by atoms with Crippen molar-refractivity contribution >= 4 is 23.7 Å². The van der Waals surface area contributed by atoms with Crippen LogP contribution in [0.2, 0.25) is 5.02 Å². The lowest BCUT2D eigenvalue weighted by Crippen LogP contribution is -2.16. The average Bonchev–Trinajstić information content (AvgIpc) is 3.12. The minimum absolute atomic E-state index is 0.201. The number of furan rings is 1. The van der Waals surface area contributed by atoms with Crippen LogP contribution in [-0.2, 0) is 0 Å². The molecule has 0 aliphatic rings. The Labute approximate surface area is 143 Å². The summed E-state index contributed by atoms with van der Waals surface area (Å²) in [5.74, 6) is 1.12. The Morgan fingerprint density at radius 2 is 1.92 bits per heavy atom. The second-order valence-corrected chi connectivity index (χ2v) is 5.24. The van der Waals surface area contributed by atoms with E-state index in [1.165, 1.54) is 12.5 Å². The highest BCUT2D eigenvalue weighted by Crippen LogP contribution is 2.23. The summed E-state index contributed by atoms with van der Waals surface area (Å²) in [7, 11) is 0. The minimum Gasteiger partial charge on any atom is -0.459 e. The summed E-state index contributed by atoms with van der Waals surface area (Å²) < 4.78 is 10.7. The maximum absolute atomic E-state index is 11.7. The van der Waals surface area contributed by atoms with Gasteiger partial charge in [-0.1, -0.05) is 23.7 Å². The Morgan fingerprint density at radius 1 is 1.08 bits per heavy atom. The van der Waals surface area contributed by atoms with Crippen LogP contribution in [0.1, 0.15) is 16.1 Å². The Morgan fingerprint density at radius 3 is 2.67 bits per heavy atom. The van der Waals surface area contributed by atoms with Crippen LogP contribution >= 0.6 is 11.6 Å². The number of carbonyl (C=O) groups excluding carboxylic acids is 1. The van der Waals surface area contributed by atoms with Gasteiger partial charge in [-0.25, -0.2) is 5.43 Å². The third-order valence-electron chi connectivity index (χ3n) is 3.03. The molecule has 120 valence electrons. The van der Waals surface area contributed by atoms with Crippen molar-refractivity contribution in [2.24, 2.45) is 5.10 Å². The molecule has 0 radical (unpaired) electrons. The largest absolute Gasteiger partial charge is 0.459 e. The second kappa shape index (κ2) is 7.48. The van der Waals surface area contributed by atoms with E-state index in [-0.39, 0.29) is 5.76 Å². The smallest absolute Gasteiger partial charge is 0.307 e. The number of amides is 1. The van der Waals surface area contributed by atoms with Crippen molar-refractivity contribution in [3.8, 4) is 11.5 Å². The SMILES string of the molecule is O=C(N/N=C\c1cccc(Oc2ccc(Cl)cc2)c1)c1ccco1. The van der Waals surface area contributed by atoms with Crippen molar-refractivity contribution in [1.29, 1.82) is 0 Å². The molecule has 0 atom stereocenters. The Balaban J connectivity index is 1.63. The number of hydrogen-bond acceptors (Lipinski definition) is 4. The van der Waals surface area contributed by atoms with Gasteiger partial charge in [0.2, 0.25) is 0 Å². The molecular formula is C18H13ClN2O3. The zero-order valence-corrected chi connectivity index (χ0v) is 13.2. The molecule has 3 rings (SSSR count). The van der Waals surface area contributed by atoms with Gasteiger partial charge >= 0.3 is 5.91 Å². The summed E-state index contributed by atoms with van der Waals surface area (Å²) in [5, 5.41) is 4.55. The Hall–Kier alpha value is -3.05. The normalized spacial score (nSPS) is 10.7. The number of nitrogens with one attached hydrogen (secondary N) is 1. The van der Waals surface area contributed by atoms with Crippen LogP contribution in [0.5, 0.6) is 11.5 Å². The quantitative estimate of drug-likeness (QED) is 0.549. The van der Waals surface area contributed by atoms with Gasteiger partial charge in [-0.05, 0) is 54.1 Å². The number of benzene rings is 2. The first-order valence-electron chi connectivity index (χ1n) is 7.11. The molecule has 0 aliphatic carbocycles. The van der Waals surface area contributed by atoms with Crippen molar-refractivity contribution in [1.82, 2.24) is 5.43 Å². The number of hydrazone groups is 1. The van der Waals surface area contributed by atoms with Crippen LogP contribution < -0.4 is 10.2 Å². The lowest BCUT2D eigenvalue weighted by Gasteiger charge is -2.06. The van der Waals surface area contributed by atoms with Crippen molar-refractivity contribution in [2.45, 2.75) is 0 Å². The first-order chi connectivity index (χ1) is 11.7. The topological polar surface area (TPSA) is 63.8 Å². The van der Waals surface area contributed by atoms with Crippen molar-refractivity contribution in [2.75, 3.05) is 0 Å². The van der Waals surface area contributed by atoms with E-state index >= 15 is 0 Å². The molecule has 1 aromatic heterocycles. The molecule has 5 nitrogen and oxygen atoms in total. The van der Waals surface area contributed by atoms with E-state index in [1.54, 1.807) is 42.5 Å². The van der Waals surface area contributed by atoms with Crippen molar-refractivity contribution in [3.63, 3.8) is 0 Å². The number of ether oxygens (including phenoxy) is 1. The lowest BCUT2D eigenvalue weighted by molar-refractivity contribution is 0.0927. The number of hydrogen-bond donors (Lipinski definition) is 1. The number of rotatable bonds is 5. The summed E-state index contributed by atoms with van der Waals surface area (Å²) in [6.45, 7) is 0. The number of nitrogens with zero attached hydrogens (tertiary/aromatic N) is 1. The molecule has 0 spiro atoms. The zero-order chi connectivity index (χ0) is 16.8. The van der Waals surface area contributed by atoms with E-state index in [1.807, 2.05) is 18.2 Å². The van der Waals surface area contributed by atoms with Gasteiger partial charge < -0.3 is 9.15 Å². The summed E-state index contributed by atoms with van der Waals surface area (Å²) in [4.78, 5) is 11.7.